The monoisotopic (exact) mass is 336 g/mol. The zero-order chi connectivity index (χ0) is 17.5. The number of nitrogens with one attached hydrogen (secondary N) is 2. The maximum atomic E-state index is 13.8. The van der Waals surface area contributed by atoms with Crippen molar-refractivity contribution < 1.29 is 23.4 Å². The first-order valence-corrected chi connectivity index (χ1v) is 7.28. The number of amides is 2. The summed E-state index contributed by atoms with van der Waals surface area (Å²) in [5.74, 6) is -1.88. The van der Waals surface area contributed by atoms with E-state index in [1.165, 1.54) is 7.11 Å². The number of carbonyl (C=O) groups is 1. The predicted molar refractivity (Wildman–Crippen MR) is 86.1 cm³/mol. The predicted octanol–water partition coefficient (Wildman–Crippen LogP) is 2.70. The summed E-state index contributed by atoms with van der Waals surface area (Å²) in [6, 6.07) is 9.66. The molecule has 0 bridgehead atoms. The van der Waals surface area contributed by atoms with Crippen molar-refractivity contribution in [1.82, 2.24) is 5.32 Å². The van der Waals surface area contributed by atoms with Crippen molar-refractivity contribution in [2.75, 3.05) is 19.0 Å². The molecule has 0 fully saturated rings. The number of methoxy groups -OCH3 is 1. The van der Waals surface area contributed by atoms with Gasteiger partial charge in [-0.3, -0.25) is 0 Å². The van der Waals surface area contributed by atoms with Gasteiger partial charge in [-0.2, -0.15) is 0 Å². The zero-order valence-corrected chi connectivity index (χ0v) is 13.1. The van der Waals surface area contributed by atoms with Crippen LogP contribution < -0.4 is 15.4 Å². The van der Waals surface area contributed by atoms with Gasteiger partial charge in [0, 0.05) is 12.1 Å². The third kappa shape index (κ3) is 4.66. The normalized spacial score (nSPS) is 11.7. The van der Waals surface area contributed by atoms with Crippen LogP contribution >= 0.6 is 0 Å². The van der Waals surface area contributed by atoms with Gasteiger partial charge >= 0.3 is 6.03 Å². The van der Waals surface area contributed by atoms with E-state index >= 15 is 0 Å². The largest absolute Gasteiger partial charge is 0.494 e. The average Bonchev–Trinajstić information content (AvgIpc) is 2.58. The molecule has 0 saturated heterocycles. The highest BCUT2D eigenvalue weighted by atomic mass is 19.1. The fourth-order valence-electron chi connectivity index (χ4n) is 2.18. The van der Waals surface area contributed by atoms with Gasteiger partial charge in [0.2, 0.25) is 0 Å². The molecule has 0 aromatic heterocycles. The van der Waals surface area contributed by atoms with Crippen LogP contribution in [0.15, 0.2) is 42.5 Å². The van der Waals surface area contributed by atoms with Crippen LogP contribution in [-0.2, 0) is 6.42 Å². The van der Waals surface area contributed by atoms with E-state index in [2.05, 4.69) is 15.4 Å². The lowest BCUT2D eigenvalue weighted by Crippen LogP contribution is -2.41. The smallest absolute Gasteiger partial charge is 0.319 e. The maximum Gasteiger partial charge on any atom is 0.319 e. The number of hydrogen-bond acceptors (Lipinski definition) is 3. The van der Waals surface area contributed by atoms with Crippen LogP contribution in [0.3, 0.4) is 0 Å². The second-order valence-electron chi connectivity index (χ2n) is 5.13. The Hall–Kier alpha value is -2.67. The van der Waals surface area contributed by atoms with Crippen molar-refractivity contribution in [2.45, 2.75) is 12.5 Å². The van der Waals surface area contributed by atoms with Crippen LogP contribution in [-0.4, -0.2) is 30.9 Å². The van der Waals surface area contributed by atoms with Gasteiger partial charge < -0.3 is 20.5 Å². The molecule has 24 heavy (non-hydrogen) atoms. The van der Waals surface area contributed by atoms with Gasteiger partial charge in [-0.15, -0.1) is 0 Å². The summed E-state index contributed by atoms with van der Waals surface area (Å²) in [6.07, 6.45) is 0.407. The topological polar surface area (TPSA) is 70.6 Å². The molecule has 0 spiro atoms. The molecule has 0 radical (unpaired) electrons. The number of anilines is 1. The molecule has 1 atom stereocenters. The second-order valence-corrected chi connectivity index (χ2v) is 5.13. The average molecular weight is 336 g/mol. The molecule has 7 heteroatoms. The van der Waals surface area contributed by atoms with E-state index in [0.29, 0.717) is 6.42 Å². The molecule has 0 aliphatic carbocycles. The second kappa shape index (κ2) is 8.26. The van der Waals surface area contributed by atoms with Crippen molar-refractivity contribution in [1.29, 1.82) is 0 Å². The molecule has 2 rings (SSSR count). The highest BCUT2D eigenvalue weighted by Crippen LogP contribution is 2.24. The van der Waals surface area contributed by atoms with Gasteiger partial charge in [0.05, 0.1) is 25.4 Å². The van der Waals surface area contributed by atoms with Crippen LogP contribution in [0.25, 0.3) is 0 Å². The van der Waals surface area contributed by atoms with Gasteiger partial charge in [0.1, 0.15) is 0 Å². The molecule has 2 amide bonds. The first kappa shape index (κ1) is 17.7. The number of hydrogen-bond donors (Lipinski definition) is 3. The van der Waals surface area contributed by atoms with Crippen LogP contribution in [0.4, 0.5) is 19.3 Å². The summed E-state index contributed by atoms with van der Waals surface area (Å²) in [4.78, 5) is 11.9. The Morgan fingerprint density at radius 3 is 2.54 bits per heavy atom. The van der Waals surface area contributed by atoms with Gasteiger partial charge in [-0.05, 0) is 12.0 Å². The number of ether oxygens (including phenoxy) is 1. The number of aliphatic hydroxyl groups is 1. The first-order valence-electron chi connectivity index (χ1n) is 7.28. The summed E-state index contributed by atoms with van der Waals surface area (Å²) >= 11 is 0. The molecule has 128 valence electrons. The number of halogens is 2. The van der Waals surface area contributed by atoms with Gasteiger partial charge in [0.15, 0.2) is 17.4 Å². The Balaban J connectivity index is 2.00. The van der Waals surface area contributed by atoms with Gasteiger partial charge in [-0.1, -0.05) is 30.3 Å². The third-order valence-electron chi connectivity index (χ3n) is 3.37. The minimum atomic E-state index is -0.827. The maximum absolute atomic E-state index is 13.8. The number of carbonyl (C=O) groups excluding carboxylic acids is 1. The van der Waals surface area contributed by atoms with Crippen molar-refractivity contribution in [2.24, 2.45) is 0 Å². The quantitative estimate of drug-likeness (QED) is 0.760. The van der Waals surface area contributed by atoms with Crippen molar-refractivity contribution >= 4 is 11.7 Å². The van der Waals surface area contributed by atoms with Crippen LogP contribution in [0, 0.1) is 11.6 Å². The van der Waals surface area contributed by atoms with Gasteiger partial charge in [0.25, 0.3) is 0 Å². The molecule has 0 aliphatic heterocycles. The summed E-state index contributed by atoms with van der Waals surface area (Å²) in [5.41, 5.74) is 0.612. The van der Waals surface area contributed by atoms with Crippen LogP contribution in [0.2, 0.25) is 0 Å². The van der Waals surface area contributed by atoms with Crippen LogP contribution in [0.1, 0.15) is 5.56 Å². The van der Waals surface area contributed by atoms with E-state index in [1.54, 1.807) is 0 Å². The first-order chi connectivity index (χ1) is 11.5. The highest BCUT2D eigenvalue weighted by Gasteiger charge is 2.16. The fourth-order valence-corrected chi connectivity index (χ4v) is 2.18. The lowest BCUT2D eigenvalue weighted by atomic mass is 10.1. The Morgan fingerprint density at radius 1 is 1.21 bits per heavy atom. The molecule has 3 N–H and O–H groups in total. The summed E-state index contributed by atoms with van der Waals surface area (Å²) < 4.78 is 32.1. The minimum Gasteiger partial charge on any atom is -0.494 e. The third-order valence-corrected chi connectivity index (χ3v) is 3.37. The van der Waals surface area contributed by atoms with E-state index < -0.39 is 23.7 Å². The van der Waals surface area contributed by atoms with E-state index in [0.717, 1.165) is 17.7 Å². The molecule has 2 aromatic carbocycles. The molecule has 0 saturated carbocycles. The lowest BCUT2D eigenvalue weighted by Gasteiger charge is -2.17. The zero-order valence-electron chi connectivity index (χ0n) is 13.1. The van der Waals surface area contributed by atoms with Crippen molar-refractivity contribution in [3.05, 3.63) is 59.7 Å². The molecule has 0 heterocycles. The standard InChI is InChI=1S/C17H18F2N2O3/c1-24-16-9-13(18)15(8-14(16)19)21-17(23)20-12(10-22)7-11-5-3-2-4-6-11/h2-6,8-9,12,22H,7,10H2,1H3,(H2,20,21,23)/t12-/m0/s1. The van der Waals surface area contributed by atoms with Gasteiger partial charge in [-0.25, -0.2) is 13.6 Å². The number of urea groups is 1. The van der Waals surface area contributed by atoms with Crippen molar-refractivity contribution in [3.63, 3.8) is 0 Å². The minimum absolute atomic E-state index is 0.254. The Bertz CT molecular complexity index is 696. The van der Waals surface area contributed by atoms with E-state index in [9.17, 15) is 18.7 Å². The number of aliphatic hydroxyl groups excluding tert-OH is 1. The molecule has 2 aromatic rings. The van der Waals surface area contributed by atoms with Crippen molar-refractivity contribution in [3.8, 4) is 5.75 Å². The molecule has 0 unspecified atom stereocenters. The molecular formula is C17H18F2N2O3. The molecule has 5 nitrogen and oxygen atoms in total. The SMILES string of the molecule is COc1cc(F)c(NC(=O)N[C@H](CO)Cc2ccccc2)cc1F. The Morgan fingerprint density at radius 2 is 1.92 bits per heavy atom. The number of benzene rings is 2. The Kier molecular flexibility index (Phi) is 6.08. The summed E-state index contributed by atoms with van der Waals surface area (Å²) in [6.45, 7) is -0.290. The molecular weight excluding hydrogens is 318 g/mol. The highest BCUT2D eigenvalue weighted by molar-refractivity contribution is 5.89. The van der Waals surface area contributed by atoms with Crippen LogP contribution in [0.5, 0.6) is 5.75 Å². The van der Waals surface area contributed by atoms with E-state index in [-0.39, 0.29) is 18.0 Å². The fraction of sp³-hybridized carbons (Fsp3) is 0.235. The summed E-state index contributed by atoms with van der Waals surface area (Å²) in [7, 11) is 1.22. The van der Waals surface area contributed by atoms with E-state index in [1.807, 2.05) is 30.3 Å². The van der Waals surface area contributed by atoms with E-state index in [4.69, 9.17) is 0 Å². The number of rotatable bonds is 6. The molecule has 0 aliphatic rings. The summed E-state index contributed by atoms with van der Waals surface area (Å²) in [5, 5.41) is 14.1. The lowest BCUT2D eigenvalue weighted by molar-refractivity contribution is 0.224. The Labute approximate surface area is 138 Å².